The van der Waals surface area contributed by atoms with Gasteiger partial charge in [0.1, 0.15) is 0 Å². The van der Waals surface area contributed by atoms with Crippen LogP contribution in [0, 0.1) is 20.8 Å². The Morgan fingerprint density at radius 2 is 1.69 bits per heavy atom. The zero-order valence-corrected chi connectivity index (χ0v) is 18.2. The first-order chi connectivity index (χ1) is 11.8. The van der Waals surface area contributed by atoms with Gasteiger partial charge in [-0.2, -0.15) is 0 Å². The van der Waals surface area contributed by atoms with Crippen molar-refractivity contribution in [1.29, 1.82) is 0 Å². The molecule has 0 aliphatic rings. The molecule has 140 valence electrons. The summed E-state index contributed by atoms with van der Waals surface area (Å²) in [6.45, 7) is 6.27. The number of nitrogens with two attached hydrogens (primary N) is 1. The normalized spacial score (nSPS) is 10.8. The molecule has 26 heavy (non-hydrogen) atoms. The molecule has 0 spiro atoms. The Kier molecular flexibility index (Phi) is 8.87. The van der Waals surface area contributed by atoms with Crippen molar-refractivity contribution in [1.82, 2.24) is 0 Å². The van der Waals surface area contributed by atoms with Crippen molar-refractivity contribution in [2.45, 2.75) is 27.2 Å². The van der Waals surface area contributed by atoms with Gasteiger partial charge in [0.25, 0.3) is 0 Å². The number of rotatable bonds is 5. The molecule has 1 amide bonds. The van der Waals surface area contributed by atoms with E-state index in [1.165, 1.54) is 0 Å². The molecule has 5 nitrogen and oxygen atoms in total. The lowest BCUT2D eigenvalue weighted by molar-refractivity contribution is -0.116. The first-order valence-corrected chi connectivity index (χ1v) is 8.42. The molecular formula is C19H24ClIN4O. The maximum absolute atomic E-state index is 12.0. The van der Waals surface area contributed by atoms with Crippen LogP contribution in [-0.2, 0) is 4.79 Å². The quantitative estimate of drug-likeness (QED) is 0.327. The van der Waals surface area contributed by atoms with E-state index in [0.717, 1.165) is 22.4 Å². The summed E-state index contributed by atoms with van der Waals surface area (Å²) in [5, 5.41) is 6.33. The molecule has 0 saturated carbocycles. The van der Waals surface area contributed by atoms with Crippen molar-refractivity contribution >= 4 is 58.8 Å². The van der Waals surface area contributed by atoms with Gasteiger partial charge in [0.15, 0.2) is 5.96 Å². The lowest BCUT2D eigenvalue weighted by atomic mass is 10.1. The van der Waals surface area contributed by atoms with Gasteiger partial charge in [-0.25, -0.2) is 0 Å². The smallest absolute Gasteiger partial charge is 0.226 e. The van der Waals surface area contributed by atoms with E-state index in [9.17, 15) is 4.79 Å². The molecule has 0 radical (unpaired) electrons. The molecule has 2 aromatic rings. The number of carbonyl (C=O) groups is 1. The number of guanidine groups is 1. The van der Waals surface area contributed by atoms with Crippen LogP contribution < -0.4 is 16.4 Å². The highest BCUT2D eigenvalue weighted by atomic mass is 127. The molecule has 0 fully saturated rings. The second kappa shape index (κ2) is 10.4. The van der Waals surface area contributed by atoms with E-state index in [4.69, 9.17) is 17.3 Å². The molecule has 0 atom stereocenters. The van der Waals surface area contributed by atoms with Gasteiger partial charge in [-0.1, -0.05) is 23.7 Å². The van der Waals surface area contributed by atoms with Gasteiger partial charge >= 0.3 is 0 Å². The zero-order valence-electron chi connectivity index (χ0n) is 15.1. The van der Waals surface area contributed by atoms with Gasteiger partial charge in [-0.15, -0.1) is 24.0 Å². The number of halogens is 2. The average molecular weight is 487 g/mol. The third kappa shape index (κ3) is 7.21. The summed E-state index contributed by atoms with van der Waals surface area (Å²) in [5.74, 6) is 0.125. The molecule has 0 aromatic heterocycles. The molecule has 0 unspecified atom stereocenters. The van der Waals surface area contributed by atoms with Crippen LogP contribution in [0.25, 0.3) is 0 Å². The fraction of sp³-hybridized carbons (Fsp3) is 0.263. The van der Waals surface area contributed by atoms with Gasteiger partial charge in [0.2, 0.25) is 5.91 Å². The SMILES string of the molecule is Cc1cc(C)cc(NC(N)=NCCC(=O)Nc2ccc(C)cc2Cl)c1.I. The first kappa shape index (κ1) is 22.2. The van der Waals surface area contributed by atoms with Crippen molar-refractivity contribution in [2.24, 2.45) is 10.7 Å². The van der Waals surface area contributed by atoms with E-state index >= 15 is 0 Å². The van der Waals surface area contributed by atoms with Gasteiger partial charge in [0.05, 0.1) is 17.3 Å². The van der Waals surface area contributed by atoms with Crippen LogP contribution in [0.1, 0.15) is 23.1 Å². The minimum atomic E-state index is -0.159. The number of anilines is 2. The number of amides is 1. The van der Waals surface area contributed by atoms with Crippen molar-refractivity contribution in [2.75, 3.05) is 17.2 Å². The second-order valence-electron chi connectivity index (χ2n) is 6.05. The highest BCUT2D eigenvalue weighted by molar-refractivity contribution is 14.0. The lowest BCUT2D eigenvalue weighted by Gasteiger charge is -2.09. The number of carbonyl (C=O) groups excluding carboxylic acids is 1. The third-order valence-electron chi connectivity index (χ3n) is 3.51. The fourth-order valence-electron chi connectivity index (χ4n) is 2.45. The maximum Gasteiger partial charge on any atom is 0.226 e. The van der Waals surface area contributed by atoms with Crippen LogP contribution in [0.2, 0.25) is 5.02 Å². The Hall–Kier alpha value is -1.80. The van der Waals surface area contributed by atoms with Crippen molar-refractivity contribution in [3.8, 4) is 0 Å². The summed E-state index contributed by atoms with van der Waals surface area (Å²) in [6.07, 6.45) is 0.222. The first-order valence-electron chi connectivity index (χ1n) is 8.05. The number of nitrogens with one attached hydrogen (secondary N) is 2. The molecule has 0 heterocycles. The number of benzene rings is 2. The largest absolute Gasteiger partial charge is 0.370 e. The Balaban J connectivity index is 0.00000338. The van der Waals surface area contributed by atoms with Gasteiger partial charge in [-0.05, 0) is 61.7 Å². The van der Waals surface area contributed by atoms with Crippen LogP contribution in [0.4, 0.5) is 11.4 Å². The van der Waals surface area contributed by atoms with Gasteiger partial charge in [0, 0.05) is 12.1 Å². The Labute approximate surface area is 176 Å². The topological polar surface area (TPSA) is 79.5 Å². The Morgan fingerprint density at radius 1 is 1.04 bits per heavy atom. The van der Waals surface area contributed by atoms with Gasteiger partial charge in [-0.3, -0.25) is 9.79 Å². The highest BCUT2D eigenvalue weighted by Gasteiger charge is 2.06. The molecule has 0 aliphatic carbocycles. The predicted octanol–water partition coefficient (Wildman–Crippen LogP) is 4.64. The third-order valence-corrected chi connectivity index (χ3v) is 3.83. The molecule has 2 aromatic carbocycles. The van der Waals surface area contributed by atoms with E-state index < -0.39 is 0 Å². The van der Waals surface area contributed by atoms with E-state index in [1.54, 1.807) is 12.1 Å². The summed E-state index contributed by atoms with van der Waals surface area (Å²) in [6, 6.07) is 11.5. The number of hydrogen-bond acceptors (Lipinski definition) is 2. The highest BCUT2D eigenvalue weighted by Crippen LogP contribution is 2.22. The average Bonchev–Trinajstić information content (AvgIpc) is 2.49. The monoisotopic (exact) mass is 486 g/mol. The summed E-state index contributed by atoms with van der Waals surface area (Å²) in [5.41, 5.74) is 10.7. The molecule has 0 saturated heterocycles. The van der Waals surface area contributed by atoms with E-state index in [-0.39, 0.29) is 42.3 Å². The van der Waals surface area contributed by atoms with Crippen LogP contribution >= 0.6 is 35.6 Å². The standard InChI is InChI=1S/C19H23ClN4O.HI/c1-12-4-5-17(16(20)11-12)24-18(25)6-7-22-19(21)23-15-9-13(2)8-14(3)10-15;/h4-5,8-11H,6-7H2,1-3H3,(H,24,25)(H3,21,22,23);1H. The second-order valence-corrected chi connectivity index (χ2v) is 6.46. The fourth-order valence-corrected chi connectivity index (χ4v) is 2.73. The predicted molar refractivity (Wildman–Crippen MR) is 121 cm³/mol. The summed E-state index contributed by atoms with van der Waals surface area (Å²) >= 11 is 6.10. The molecule has 7 heteroatoms. The molecule has 2 rings (SSSR count). The minimum Gasteiger partial charge on any atom is -0.370 e. The van der Waals surface area contributed by atoms with Gasteiger partial charge < -0.3 is 16.4 Å². The lowest BCUT2D eigenvalue weighted by Crippen LogP contribution is -2.23. The minimum absolute atomic E-state index is 0. The van der Waals surface area contributed by atoms with E-state index in [1.807, 2.05) is 39.0 Å². The van der Waals surface area contributed by atoms with Crippen LogP contribution in [0.15, 0.2) is 41.4 Å². The Morgan fingerprint density at radius 3 is 2.31 bits per heavy atom. The van der Waals surface area contributed by atoms with Crippen LogP contribution in [0.5, 0.6) is 0 Å². The number of nitrogens with zero attached hydrogens (tertiary/aromatic N) is 1. The molecule has 0 aliphatic heterocycles. The summed E-state index contributed by atoms with van der Waals surface area (Å²) in [7, 11) is 0. The van der Waals surface area contributed by atoms with Crippen molar-refractivity contribution < 1.29 is 4.79 Å². The summed E-state index contributed by atoms with van der Waals surface area (Å²) < 4.78 is 0. The van der Waals surface area contributed by atoms with E-state index in [2.05, 4.69) is 21.7 Å². The van der Waals surface area contributed by atoms with E-state index in [0.29, 0.717) is 17.3 Å². The van der Waals surface area contributed by atoms with Crippen LogP contribution in [0.3, 0.4) is 0 Å². The summed E-state index contributed by atoms with van der Waals surface area (Å²) in [4.78, 5) is 16.2. The molecular weight excluding hydrogens is 463 g/mol. The number of hydrogen-bond donors (Lipinski definition) is 3. The van der Waals surface area contributed by atoms with Crippen molar-refractivity contribution in [3.05, 3.63) is 58.1 Å². The number of aliphatic imine (C=N–C) groups is 1. The Bertz CT molecular complexity index is 788. The van der Waals surface area contributed by atoms with Crippen molar-refractivity contribution in [3.63, 3.8) is 0 Å². The molecule has 4 N–H and O–H groups in total. The molecule has 0 bridgehead atoms. The zero-order chi connectivity index (χ0) is 18.4. The van der Waals surface area contributed by atoms with Crippen LogP contribution in [-0.4, -0.2) is 18.4 Å². The number of aryl methyl sites for hydroxylation is 3. The maximum atomic E-state index is 12.0.